The summed E-state index contributed by atoms with van der Waals surface area (Å²) >= 11 is 0. The first-order valence-corrected chi connectivity index (χ1v) is 5.88. The number of carbonyl (C=O) groups is 1. The number of hydrogen-bond donors (Lipinski definition) is 0. The van der Waals surface area contributed by atoms with E-state index in [2.05, 4.69) is 13.8 Å². The Morgan fingerprint density at radius 1 is 1.29 bits per heavy atom. The van der Waals surface area contributed by atoms with Gasteiger partial charge in [-0.2, -0.15) is 0 Å². The summed E-state index contributed by atoms with van der Waals surface area (Å²) in [5.74, 6) is 1.37. The fraction of sp³-hybridized carbons (Fsp3) is 0.917. The van der Waals surface area contributed by atoms with Crippen molar-refractivity contribution < 1.29 is 9.53 Å². The van der Waals surface area contributed by atoms with Crippen LogP contribution >= 0.6 is 0 Å². The Kier molecular flexibility index (Phi) is 5.16. The molecule has 0 spiro atoms. The Bertz CT molecular complexity index is 167. The molecule has 0 aromatic heterocycles. The van der Waals surface area contributed by atoms with Gasteiger partial charge in [-0.15, -0.1) is 0 Å². The van der Waals surface area contributed by atoms with Crippen LogP contribution in [0.15, 0.2) is 0 Å². The van der Waals surface area contributed by atoms with E-state index in [0.29, 0.717) is 17.6 Å². The van der Waals surface area contributed by atoms with Gasteiger partial charge in [0.05, 0.1) is 0 Å². The van der Waals surface area contributed by atoms with Crippen molar-refractivity contribution in [3.63, 3.8) is 0 Å². The fourth-order valence-corrected chi connectivity index (χ4v) is 2.15. The molecule has 1 rings (SSSR count). The topological polar surface area (TPSA) is 26.3 Å². The Labute approximate surface area is 87.0 Å². The molecular weight excluding hydrogens is 176 g/mol. The van der Waals surface area contributed by atoms with Crippen molar-refractivity contribution in [2.75, 3.05) is 13.2 Å². The molecule has 1 saturated heterocycles. The number of Topliss-reactive ketones (excluding diaryl/α,β-unsaturated/α-hetero) is 1. The van der Waals surface area contributed by atoms with E-state index in [9.17, 15) is 4.79 Å². The molecule has 0 bridgehead atoms. The highest BCUT2D eigenvalue weighted by atomic mass is 16.5. The summed E-state index contributed by atoms with van der Waals surface area (Å²) in [6.07, 6.45) is 4.94. The molecule has 0 aromatic rings. The van der Waals surface area contributed by atoms with E-state index in [0.717, 1.165) is 45.3 Å². The molecule has 0 saturated carbocycles. The van der Waals surface area contributed by atoms with Crippen LogP contribution < -0.4 is 0 Å². The Hall–Kier alpha value is -0.370. The molecule has 2 nitrogen and oxygen atoms in total. The highest BCUT2D eigenvalue weighted by molar-refractivity contribution is 5.81. The van der Waals surface area contributed by atoms with Gasteiger partial charge in [0.25, 0.3) is 0 Å². The van der Waals surface area contributed by atoms with Crippen LogP contribution in [-0.2, 0) is 9.53 Å². The molecule has 1 fully saturated rings. The zero-order valence-corrected chi connectivity index (χ0v) is 9.42. The number of ketones is 1. The summed E-state index contributed by atoms with van der Waals surface area (Å²) in [6, 6.07) is 0. The second-order valence-electron chi connectivity index (χ2n) is 4.24. The normalized spacial score (nSPS) is 18.8. The fourth-order valence-electron chi connectivity index (χ4n) is 2.15. The summed E-state index contributed by atoms with van der Waals surface area (Å²) in [4.78, 5) is 11.8. The van der Waals surface area contributed by atoms with Crippen LogP contribution in [0.3, 0.4) is 0 Å². The molecule has 0 radical (unpaired) electrons. The third kappa shape index (κ3) is 3.41. The molecule has 0 N–H and O–H groups in total. The Morgan fingerprint density at radius 2 is 1.86 bits per heavy atom. The molecule has 14 heavy (non-hydrogen) atoms. The second-order valence-corrected chi connectivity index (χ2v) is 4.24. The number of carbonyl (C=O) groups excluding carboxylic acids is 1. The van der Waals surface area contributed by atoms with Gasteiger partial charge in [0, 0.05) is 25.6 Å². The third-order valence-corrected chi connectivity index (χ3v) is 3.27. The van der Waals surface area contributed by atoms with E-state index in [1.807, 2.05) is 0 Å². The smallest absolute Gasteiger partial charge is 0.136 e. The van der Waals surface area contributed by atoms with Crippen LogP contribution in [-0.4, -0.2) is 19.0 Å². The molecule has 0 unspecified atom stereocenters. The molecule has 1 aliphatic heterocycles. The molecule has 0 atom stereocenters. The standard InChI is InChI=1S/C12H22O2/c1-3-11(4-2)12(13)9-10-5-7-14-8-6-10/h10-11H,3-9H2,1-2H3. The molecule has 0 aliphatic carbocycles. The largest absolute Gasteiger partial charge is 0.381 e. The Balaban J connectivity index is 2.30. The summed E-state index contributed by atoms with van der Waals surface area (Å²) < 4.78 is 5.28. The summed E-state index contributed by atoms with van der Waals surface area (Å²) in [6.45, 7) is 5.91. The van der Waals surface area contributed by atoms with Crippen molar-refractivity contribution in [3.05, 3.63) is 0 Å². The predicted octanol–water partition coefficient (Wildman–Crippen LogP) is 2.81. The van der Waals surface area contributed by atoms with E-state index >= 15 is 0 Å². The molecule has 0 amide bonds. The minimum Gasteiger partial charge on any atom is -0.381 e. The molecule has 1 aliphatic rings. The zero-order valence-electron chi connectivity index (χ0n) is 9.42. The number of hydrogen-bond acceptors (Lipinski definition) is 2. The summed E-state index contributed by atoms with van der Waals surface area (Å²) in [5.41, 5.74) is 0. The van der Waals surface area contributed by atoms with Gasteiger partial charge < -0.3 is 4.74 Å². The predicted molar refractivity (Wildman–Crippen MR) is 57.2 cm³/mol. The zero-order chi connectivity index (χ0) is 10.4. The van der Waals surface area contributed by atoms with E-state index in [4.69, 9.17) is 4.74 Å². The maximum absolute atomic E-state index is 11.8. The van der Waals surface area contributed by atoms with Crippen LogP contribution in [0, 0.1) is 11.8 Å². The van der Waals surface area contributed by atoms with Crippen LogP contribution in [0.4, 0.5) is 0 Å². The molecule has 2 heteroatoms. The molecule has 82 valence electrons. The van der Waals surface area contributed by atoms with Crippen LogP contribution in [0.2, 0.25) is 0 Å². The average Bonchev–Trinajstić information content (AvgIpc) is 2.21. The lowest BCUT2D eigenvalue weighted by Crippen LogP contribution is -2.22. The monoisotopic (exact) mass is 198 g/mol. The van der Waals surface area contributed by atoms with Gasteiger partial charge in [-0.25, -0.2) is 0 Å². The lowest BCUT2D eigenvalue weighted by Gasteiger charge is -2.22. The minimum atomic E-state index is 0.304. The highest BCUT2D eigenvalue weighted by Gasteiger charge is 2.21. The van der Waals surface area contributed by atoms with Crippen LogP contribution in [0.5, 0.6) is 0 Å². The minimum absolute atomic E-state index is 0.304. The lowest BCUT2D eigenvalue weighted by molar-refractivity contribution is -0.124. The van der Waals surface area contributed by atoms with Crippen molar-refractivity contribution in [3.8, 4) is 0 Å². The van der Waals surface area contributed by atoms with Gasteiger partial charge in [0.2, 0.25) is 0 Å². The molecular formula is C12H22O2. The highest BCUT2D eigenvalue weighted by Crippen LogP contribution is 2.22. The van der Waals surface area contributed by atoms with Crippen molar-refractivity contribution in [2.45, 2.75) is 46.0 Å². The van der Waals surface area contributed by atoms with E-state index in [-0.39, 0.29) is 0 Å². The summed E-state index contributed by atoms with van der Waals surface area (Å²) in [5, 5.41) is 0. The first-order valence-electron chi connectivity index (χ1n) is 5.88. The quantitative estimate of drug-likeness (QED) is 0.679. The van der Waals surface area contributed by atoms with E-state index in [1.54, 1.807) is 0 Å². The average molecular weight is 198 g/mol. The molecule has 1 heterocycles. The van der Waals surface area contributed by atoms with Crippen molar-refractivity contribution in [1.82, 2.24) is 0 Å². The van der Waals surface area contributed by atoms with Gasteiger partial charge in [0.15, 0.2) is 0 Å². The molecule has 0 aromatic carbocycles. The second kappa shape index (κ2) is 6.18. The lowest BCUT2D eigenvalue weighted by atomic mass is 9.87. The van der Waals surface area contributed by atoms with Crippen LogP contribution in [0.1, 0.15) is 46.0 Å². The third-order valence-electron chi connectivity index (χ3n) is 3.27. The SMILES string of the molecule is CCC(CC)C(=O)CC1CCOCC1. The van der Waals surface area contributed by atoms with Gasteiger partial charge >= 0.3 is 0 Å². The number of ether oxygens (including phenoxy) is 1. The number of rotatable bonds is 5. The van der Waals surface area contributed by atoms with Crippen molar-refractivity contribution in [2.24, 2.45) is 11.8 Å². The van der Waals surface area contributed by atoms with Gasteiger partial charge in [-0.3, -0.25) is 4.79 Å². The summed E-state index contributed by atoms with van der Waals surface area (Å²) in [7, 11) is 0. The van der Waals surface area contributed by atoms with Crippen molar-refractivity contribution in [1.29, 1.82) is 0 Å². The maximum atomic E-state index is 11.8. The van der Waals surface area contributed by atoms with Crippen molar-refractivity contribution >= 4 is 5.78 Å². The Morgan fingerprint density at radius 3 is 2.36 bits per heavy atom. The van der Waals surface area contributed by atoms with E-state index in [1.165, 1.54) is 0 Å². The maximum Gasteiger partial charge on any atom is 0.136 e. The van der Waals surface area contributed by atoms with Gasteiger partial charge in [-0.1, -0.05) is 13.8 Å². The van der Waals surface area contributed by atoms with Crippen LogP contribution in [0.25, 0.3) is 0 Å². The van der Waals surface area contributed by atoms with Gasteiger partial charge in [0.1, 0.15) is 5.78 Å². The van der Waals surface area contributed by atoms with E-state index < -0.39 is 0 Å². The first kappa shape index (κ1) is 11.7. The first-order chi connectivity index (χ1) is 6.77. The van der Waals surface area contributed by atoms with Gasteiger partial charge in [-0.05, 0) is 31.6 Å².